The zero-order valence-corrected chi connectivity index (χ0v) is 73.7. The fourth-order valence-electron chi connectivity index (χ4n) is 0.637. The van der Waals surface area contributed by atoms with Gasteiger partial charge in [0, 0.05) is 413 Å². The van der Waals surface area contributed by atoms with E-state index in [9.17, 15) is 0 Å². The third-order valence-corrected chi connectivity index (χ3v) is 129. The second kappa shape index (κ2) is 80.0. The van der Waals surface area contributed by atoms with E-state index in [4.69, 9.17) is 0 Å². The lowest BCUT2D eigenvalue weighted by molar-refractivity contribution is 5.59. The van der Waals surface area contributed by atoms with E-state index >= 15 is 0 Å². The molecule has 0 N–H and O–H groups in total. The van der Waals surface area contributed by atoms with Crippen LogP contribution in [-0.2, 0) is 0 Å². The molecule has 60 heavy (non-hydrogen) atoms. The third kappa shape index (κ3) is 79.0. The molecule has 0 aromatic rings. The summed E-state index contributed by atoms with van der Waals surface area (Å²) in [5.41, 5.74) is 0. The summed E-state index contributed by atoms with van der Waals surface area (Å²) in [5, 5.41) is 0. The van der Waals surface area contributed by atoms with Crippen molar-refractivity contribution in [3.63, 3.8) is 0 Å². The number of thiol groups is 2. The molecule has 0 saturated heterocycles. The zero-order valence-electron chi connectivity index (χ0n) is 24.6. The van der Waals surface area contributed by atoms with Gasteiger partial charge in [-0.15, -0.1) is 0 Å². The smallest absolute Gasteiger partial charge is 0 e. The van der Waals surface area contributed by atoms with Crippen LogP contribution in [0.25, 0.3) is 0 Å². The van der Waals surface area contributed by atoms with Gasteiger partial charge in [-0.2, -0.15) is 0 Å². The van der Waals surface area contributed by atoms with E-state index in [0.29, 0.717) is 0 Å². The van der Waals surface area contributed by atoms with Gasteiger partial charge in [0.15, 0.2) is 0 Å². The summed E-state index contributed by atoms with van der Waals surface area (Å²) >= 11 is 8.19. The minimum Gasteiger partial charge on any atom is -0.0988 e. The molecule has 0 unspecified atom stereocenters. The molecule has 362 valence electrons. The lowest BCUT2D eigenvalue weighted by atomic mass is 30.1. The van der Waals surface area contributed by atoms with Crippen molar-refractivity contribution in [2.24, 2.45) is 0 Å². The van der Waals surface area contributed by atoms with E-state index < -0.39 is 0 Å². The molecule has 0 radical (unpaired) electrons. The van der Waals surface area contributed by atoms with Gasteiger partial charge in [0.05, 0.1) is 0 Å². The van der Waals surface area contributed by atoms with Crippen LogP contribution < -0.4 is 0 Å². The number of rotatable bonds is 57. The van der Waals surface area contributed by atoms with Crippen LogP contribution >= 0.6 is 593 Å². The van der Waals surface area contributed by atoms with Gasteiger partial charge in [-0.05, 0) is 157 Å². The molecule has 0 atom stereocenters. The summed E-state index contributed by atoms with van der Waals surface area (Å²) in [4.78, 5) is 0. The minimum atomic E-state index is 1.49. The van der Waals surface area contributed by atoms with Crippen LogP contribution in [-0.4, -0.2) is 0 Å². The first-order chi connectivity index (χ1) is 29.9. The Morgan fingerprint density at radius 2 is 0.133 bits per heavy atom. The molecule has 0 aliphatic heterocycles. The molecule has 0 aliphatic carbocycles. The van der Waals surface area contributed by atoms with Crippen LogP contribution in [0.4, 0.5) is 0 Å². The normalized spacial score (nSPS) is 11.7. The summed E-state index contributed by atoms with van der Waals surface area (Å²) < 4.78 is 0. The maximum Gasteiger partial charge on any atom is 0 e. The van der Waals surface area contributed by atoms with Gasteiger partial charge in [-0.25, -0.2) is 0 Å². The Labute approximate surface area is 576 Å². The number of hydrogen-bond donors (Lipinski definition) is 2. The van der Waals surface area contributed by atoms with Crippen molar-refractivity contribution in [2.75, 3.05) is 0 Å². The maximum atomic E-state index is 4.09. The van der Waals surface area contributed by atoms with E-state index in [0.717, 1.165) is 0 Å². The van der Waals surface area contributed by atoms with Gasteiger partial charge in [-0.3, -0.25) is 0 Å². The van der Waals surface area contributed by atoms with Crippen molar-refractivity contribution in [3.05, 3.63) is 0 Å². The molecule has 0 aliphatic rings. The quantitative estimate of drug-likeness (QED) is 0.0337. The summed E-state index contributed by atoms with van der Waals surface area (Å²) in [5.74, 6) is 0. The van der Waals surface area contributed by atoms with Crippen molar-refractivity contribution in [2.45, 2.75) is 0 Å². The standard InChI is InChI=1S/H2S60/c1-3-5-7-9-11-13-15-17-19-21-23-25-27-29-31-33-35-37-39-41-43-45-47-49-51-53-55-57-59-60-58-56-54-52-50-48-46-44-42-40-38-36-34-32-30-28-26-24-22-20-18-16-14-12-10-8-6-4-2/h1-2H. The van der Waals surface area contributed by atoms with Gasteiger partial charge >= 0.3 is 0 Å². The predicted octanol–water partition coefficient (Wildman–Crippen LogP) is 38.4. The molecule has 0 rings (SSSR count). The monoisotopic (exact) mass is 1920 g/mol. The molecule has 0 nitrogen and oxygen atoms in total. The average Bonchev–Trinajstić information content (AvgIpc) is 3.26. The molecule has 0 bridgehead atoms. The Balaban J connectivity index is 3.06. The fraction of sp³-hybridized carbons (Fsp3) is 0. The summed E-state index contributed by atoms with van der Waals surface area (Å²) in [6, 6.07) is 0. The molecular weight excluding hydrogens is 1920 g/mol. The van der Waals surface area contributed by atoms with Crippen molar-refractivity contribution in [1.29, 1.82) is 0 Å². The SMILES string of the molecule is SSSSSSSSSSSSSSSSSSSSSSSSSSSSSSSSSSSSSSSSSSSSSSSSSSSSSSSSSSSS. The van der Waals surface area contributed by atoms with Crippen molar-refractivity contribution < 1.29 is 0 Å². The van der Waals surface area contributed by atoms with Crippen LogP contribution in [0.2, 0.25) is 0 Å². The van der Waals surface area contributed by atoms with E-state index in [1.165, 1.54) is 19.7 Å². The van der Waals surface area contributed by atoms with Crippen LogP contribution in [0, 0.1) is 0 Å². The predicted molar refractivity (Wildman–Crippen MR) is 458 cm³/mol. The fourth-order valence-corrected chi connectivity index (χ4v) is 155. The third-order valence-electron chi connectivity index (χ3n) is 1.59. The highest BCUT2D eigenvalue weighted by Crippen LogP contribution is 2.70. The highest BCUT2D eigenvalue weighted by molar-refractivity contribution is 9.64. The van der Waals surface area contributed by atoms with Crippen molar-refractivity contribution in [1.82, 2.24) is 0 Å². The molecule has 0 amide bonds. The van der Waals surface area contributed by atoms with Crippen LogP contribution in [0.5, 0.6) is 0 Å². The van der Waals surface area contributed by atoms with Crippen LogP contribution in [0.3, 0.4) is 0 Å². The highest BCUT2D eigenvalue weighted by Gasteiger charge is 2.05. The second-order valence-electron chi connectivity index (χ2n) is 3.96. The van der Waals surface area contributed by atoms with Crippen molar-refractivity contribution >= 4 is 593 Å². The van der Waals surface area contributed by atoms with E-state index in [2.05, 4.69) is 23.3 Å². The topological polar surface area (TPSA) is 0 Å². The lowest BCUT2D eigenvalue weighted by Gasteiger charge is -2.00. The second-order valence-corrected chi connectivity index (χ2v) is 107. The molecule has 0 spiro atoms. The van der Waals surface area contributed by atoms with Crippen molar-refractivity contribution in [3.8, 4) is 0 Å². The van der Waals surface area contributed by atoms with Crippen LogP contribution in [0.15, 0.2) is 0 Å². The summed E-state index contributed by atoms with van der Waals surface area (Å²) in [6.45, 7) is 0. The van der Waals surface area contributed by atoms with Gasteiger partial charge in [0.1, 0.15) is 0 Å². The van der Waals surface area contributed by atoms with Gasteiger partial charge in [-0.1, -0.05) is 23.3 Å². The number of hydrogen-bond acceptors (Lipinski definition) is 60. The molecule has 60 heteroatoms. The Morgan fingerprint density at radius 3 is 0.183 bits per heavy atom. The first kappa shape index (κ1) is 81.0. The Morgan fingerprint density at radius 1 is 0.0833 bits per heavy atom. The molecule has 0 aromatic heterocycles. The zero-order chi connectivity index (χ0) is 43.0. The minimum absolute atomic E-state index is 1.49. The first-order valence-electron chi connectivity index (χ1n) is 9.87. The Bertz CT molecular complexity index is 622. The summed E-state index contributed by atoms with van der Waals surface area (Å²) in [6.07, 6.45) is 0. The maximum absolute atomic E-state index is 4.09. The average molecular weight is 1930 g/mol. The Kier molecular flexibility index (Phi) is 108. The largest absolute Gasteiger partial charge is 0.0988 e. The molecular formula is H2S60. The van der Waals surface area contributed by atoms with E-state index in [1.807, 2.05) is 452 Å². The molecule has 0 aromatic carbocycles. The van der Waals surface area contributed by atoms with E-state index in [1.54, 1.807) is 98.3 Å². The summed E-state index contributed by atoms with van der Waals surface area (Å²) in [7, 11) is 105. The van der Waals surface area contributed by atoms with E-state index in [-0.39, 0.29) is 0 Å². The molecule has 0 fully saturated rings. The van der Waals surface area contributed by atoms with Gasteiger partial charge in [0.25, 0.3) is 0 Å². The molecule has 0 heterocycles. The Hall–Kier alpha value is 21.0. The molecule has 0 saturated carbocycles. The highest BCUT2D eigenvalue weighted by atomic mass is 34.1. The first-order valence-corrected chi connectivity index (χ1v) is 88.8. The van der Waals surface area contributed by atoms with Gasteiger partial charge in [0.2, 0.25) is 0 Å². The van der Waals surface area contributed by atoms with Gasteiger partial charge < -0.3 is 0 Å². The lowest BCUT2D eigenvalue weighted by Crippen LogP contribution is -1.35. The van der Waals surface area contributed by atoms with Crippen LogP contribution in [0.1, 0.15) is 0 Å².